The van der Waals surface area contributed by atoms with Crippen LogP contribution in [0.5, 0.6) is 0 Å². The molecule has 2 aromatic rings. The molecule has 4 N–H and O–H groups in total. The lowest BCUT2D eigenvalue weighted by Gasteiger charge is -2.22. The molecule has 1 unspecified atom stereocenters. The van der Waals surface area contributed by atoms with Crippen LogP contribution in [0, 0.1) is 6.92 Å². The SMILES string of the molecule is CCNC(=NCc1ccc(NCCOC)cc1)NCC(C)(O)c1ccc(C)o1. The molecule has 1 aromatic heterocycles. The van der Waals surface area contributed by atoms with Gasteiger partial charge in [-0.05, 0) is 50.6 Å². The predicted octanol–water partition coefficient (Wildman–Crippen LogP) is 2.61. The van der Waals surface area contributed by atoms with E-state index in [0.29, 0.717) is 24.9 Å². The molecule has 0 saturated carbocycles. The third-order valence-electron chi connectivity index (χ3n) is 4.22. The highest BCUT2D eigenvalue weighted by molar-refractivity contribution is 5.79. The minimum Gasteiger partial charge on any atom is -0.463 e. The number of hydrogen-bond acceptors (Lipinski definition) is 5. The summed E-state index contributed by atoms with van der Waals surface area (Å²) in [4.78, 5) is 4.60. The Bertz CT molecular complexity index is 738. The van der Waals surface area contributed by atoms with Crippen molar-refractivity contribution in [3.8, 4) is 0 Å². The molecule has 0 fully saturated rings. The van der Waals surface area contributed by atoms with Crippen LogP contribution in [0.4, 0.5) is 5.69 Å². The number of nitrogens with one attached hydrogen (secondary N) is 3. The summed E-state index contributed by atoms with van der Waals surface area (Å²) in [5.74, 6) is 1.95. The van der Waals surface area contributed by atoms with E-state index in [1.807, 2.05) is 44.2 Å². The molecular weight excluding hydrogens is 356 g/mol. The van der Waals surface area contributed by atoms with E-state index in [1.165, 1.54) is 0 Å². The first kappa shape index (κ1) is 21.8. The number of ether oxygens (including phenoxy) is 1. The van der Waals surface area contributed by atoms with Crippen molar-refractivity contribution in [2.24, 2.45) is 4.99 Å². The summed E-state index contributed by atoms with van der Waals surface area (Å²) in [5.41, 5.74) is 1.03. The minimum absolute atomic E-state index is 0.286. The number of aliphatic hydroxyl groups is 1. The van der Waals surface area contributed by atoms with Crippen molar-refractivity contribution in [3.05, 3.63) is 53.5 Å². The first-order valence-electron chi connectivity index (χ1n) is 9.58. The largest absolute Gasteiger partial charge is 0.463 e. The summed E-state index contributed by atoms with van der Waals surface area (Å²) in [6.07, 6.45) is 0. The molecule has 28 heavy (non-hydrogen) atoms. The van der Waals surface area contributed by atoms with E-state index in [-0.39, 0.29) is 6.54 Å². The standard InChI is InChI=1S/C21H32N4O3/c1-5-22-20(25-15-21(3,26)19-11-6-16(2)28-19)24-14-17-7-9-18(10-8-17)23-12-13-27-4/h6-11,23,26H,5,12-15H2,1-4H3,(H2,22,24,25). The molecule has 0 bridgehead atoms. The van der Waals surface area contributed by atoms with E-state index in [2.05, 4.69) is 20.9 Å². The van der Waals surface area contributed by atoms with Crippen molar-refractivity contribution in [3.63, 3.8) is 0 Å². The smallest absolute Gasteiger partial charge is 0.191 e. The van der Waals surface area contributed by atoms with Gasteiger partial charge in [0.1, 0.15) is 17.1 Å². The van der Waals surface area contributed by atoms with Crippen molar-refractivity contribution < 1.29 is 14.3 Å². The Morgan fingerprint density at radius 3 is 2.54 bits per heavy atom. The van der Waals surface area contributed by atoms with Crippen molar-refractivity contribution in [1.82, 2.24) is 10.6 Å². The molecule has 0 aliphatic rings. The number of methoxy groups -OCH3 is 1. The number of hydrogen-bond donors (Lipinski definition) is 4. The van der Waals surface area contributed by atoms with Crippen molar-refractivity contribution in [1.29, 1.82) is 0 Å². The van der Waals surface area contributed by atoms with Gasteiger partial charge in [0, 0.05) is 25.9 Å². The maximum atomic E-state index is 10.7. The molecule has 0 spiro atoms. The molecule has 0 radical (unpaired) electrons. The fourth-order valence-electron chi connectivity index (χ4n) is 2.60. The van der Waals surface area contributed by atoms with Gasteiger partial charge in [-0.2, -0.15) is 0 Å². The Morgan fingerprint density at radius 2 is 1.93 bits per heavy atom. The first-order valence-corrected chi connectivity index (χ1v) is 9.58. The second kappa shape index (κ2) is 10.7. The van der Waals surface area contributed by atoms with E-state index in [0.717, 1.165) is 30.1 Å². The van der Waals surface area contributed by atoms with Crippen LogP contribution in [0.25, 0.3) is 0 Å². The summed E-state index contributed by atoms with van der Waals surface area (Å²) < 4.78 is 10.6. The van der Waals surface area contributed by atoms with E-state index in [4.69, 9.17) is 9.15 Å². The van der Waals surface area contributed by atoms with Crippen molar-refractivity contribution in [2.45, 2.75) is 32.9 Å². The molecule has 0 amide bonds. The topological polar surface area (TPSA) is 91.1 Å². The van der Waals surface area contributed by atoms with Gasteiger partial charge in [-0.3, -0.25) is 0 Å². The highest BCUT2D eigenvalue weighted by atomic mass is 16.5. The molecule has 154 valence electrons. The van der Waals surface area contributed by atoms with E-state index < -0.39 is 5.60 Å². The van der Waals surface area contributed by atoms with Gasteiger partial charge in [-0.1, -0.05) is 12.1 Å². The first-order chi connectivity index (χ1) is 13.4. The lowest BCUT2D eigenvalue weighted by molar-refractivity contribution is 0.0378. The Hall–Kier alpha value is -2.51. The van der Waals surface area contributed by atoms with Gasteiger partial charge in [0.25, 0.3) is 0 Å². The number of rotatable bonds is 10. The van der Waals surface area contributed by atoms with Crippen molar-refractivity contribution in [2.75, 3.05) is 38.7 Å². The second-order valence-electron chi connectivity index (χ2n) is 6.85. The van der Waals surface area contributed by atoms with Crippen LogP contribution in [0.2, 0.25) is 0 Å². The lowest BCUT2D eigenvalue weighted by Crippen LogP contribution is -2.44. The summed E-state index contributed by atoms with van der Waals surface area (Å²) in [5, 5.41) is 20.3. The van der Waals surface area contributed by atoms with Gasteiger partial charge in [-0.25, -0.2) is 4.99 Å². The molecule has 1 heterocycles. The zero-order chi connectivity index (χ0) is 20.4. The fourth-order valence-corrected chi connectivity index (χ4v) is 2.60. The van der Waals surface area contributed by atoms with E-state index >= 15 is 0 Å². The predicted molar refractivity (Wildman–Crippen MR) is 113 cm³/mol. The molecule has 7 heteroatoms. The van der Waals surface area contributed by atoms with Gasteiger partial charge in [0.2, 0.25) is 0 Å². The Kier molecular flexibility index (Phi) is 8.35. The number of nitrogens with zero attached hydrogens (tertiary/aromatic N) is 1. The average Bonchev–Trinajstić information content (AvgIpc) is 3.13. The highest BCUT2D eigenvalue weighted by Gasteiger charge is 2.27. The Morgan fingerprint density at radius 1 is 1.18 bits per heavy atom. The lowest BCUT2D eigenvalue weighted by atomic mass is 10.0. The number of benzene rings is 1. The Labute approximate surface area is 167 Å². The van der Waals surface area contributed by atoms with Gasteiger partial charge in [-0.15, -0.1) is 0 Å². The molecule has 0 aliphatic heterocycles. The zero-order valence-electron chi connectivity index (χ0n) is 17.2. The zero-order valence-corrected chi connectivity index (χ0v) is 17.2. The van der Waals surface area contributed by atoms with Crippen LogP contribution in [-0.2, 0) is 16.9 Å². The maximum absolute atomic E-state index is 10.7. The van der Waals surface area contributed by atoms with Crippen LogP contribution >= 0.6 is 0 Å². The van der Waals surface area contributed by atoms with Gasteiger partial charge in [0.05, 0.1) is 19.7 Å². The monoisotopic (exact) mass is 388 g/mol. The highest BCUT2D eigenvalue weighted by Crippen LogP contribution is 2.21. The summed E-state index contributed by atoms with van der Waals surface area (Å²) in [6.45, 7) is 8.59. The molecule has 0 saturated heterocycles. The molecule has 7 nitrogen and oxygen atoms in total. The van der Waals surface area contributed by atoms with Crippen LogP contribution < -0.4 is 16.0 Å². The molecule has 2 rings (SSSR count). The third-order valence-corrected chi connectivity index (χ3v) is 4.22. The molecule has 1 atom stereocenters. The number of furan rings is 1. The Balaban J connectivity index is 1.92. The minimum atomic E-state index is -1.13. The number of aryl methyl sites for hydroxylation is 1. The van der Waals surface area contributed by atoms with Crippen LogP contribution in [0.3, 0.4) is 0 Å². The molecule has 0 aliphatic carbocycles. The number of guanidine groups is 1. The van der Waals surface area contributed by atoms with Gasteiger partial charge < -0.3 is 30.2 Å². The maximum Gasteiger partial charge on any atom is 0.191 e. The molecule has 1 aromatic carbocycles. The van der Waals surface area contributed by atoms with Gasteiger partial charge in [0.15, 0.2) is 5.96 Å². The average molecular weight is 389 g/mol. The van der Waals surface area contributed by atoms with Crippen LogP contribution in [0.15, 0.2) is 45.8 Å². The summed E-state index contributed by atoms with van der Waals surface area (Å²) >= 11 is 0. The summed E-state index contributed by atoms with van der Waals surface area (Å²) in [6, 6.07) is 11.8. The van der Waals surface area contributed by atoms with Crippen LogP contribution in [0.1, 0.15) is 30.9 Å². The number of anilines is 1. The fraction of sp³-hybridized carbons (Fsp3) is 0.476. The second-order valence-corrected chi connectivity index (χ2v) is 6.85. The quantitative estimate of drug-likeness (QED) is 0.284. The summed E-state index contributed by atoms with van der Waals surface area (Å²) in [7, 11) is 1.69. The van der Waals surface area contributed by atoms with Crippen LogP contribution in [-0.4, -0.2) is 44.4 Å². The molecular formula is C21H32N4O3. The number of aliphatic imine (C=N–C) groups is 1. The van der Waals surface area contributed by atoms with Gasteiger partial charge >= 0.3 is 0 Å². The third kappa shape index (κ3) is 6.90. The van der Waals surface area contributed by atoms with Crippen molar-refractivity contribution >= 4 is 11.6 Å². The van der Waals surface area contributed by atoms with E-state index in [1.54, 1.807) is 20.1 Å². The normalized spacial score (nSPS) is 13.8. The van der Waals surface area contributed by atoms with E-state index in [9.17, 15) is 5.11 Å².